The third-order valence-corrected chi connectivity index (χ3v) is 2.93. The van der Waals surface area contributed by atoms with E-state index in [1.54, 1.807) is 0 Å². The van der Waals surface area contributed by atoms with Crippen molar-refractivity contribution in [3.63, 3.8) is 0 Å². The second kappa shape index (κ2) is 8.08. The summed E-state index contributed by atoms with van der Waals surface area (Å²) in [6.07, 6.45) is 4.89. The van der Waals surface area contributed by atoms with Gasteiger partial charge in [0.15, 0.2) is 0 Å². The maximum absolute atomic E-state index is 5.58. The molecule has 1 heterocycles. The zero-order chi connectivity index (χ0) is 13.4. The molecular formula is C13H26N4O. The zero-order valence-electron chi connectivity index (χ0n) is 12.0. The molecule has 0 spiro atoms. The molecule has 0 aliphatic heterocycles. The number of nitrogens with one attached hydrogen (secondary N) is 2. The van der Waals surface area contributed by atoms with Gasteiger partial charge in [-0.3, -0.25) is 0 Å². The molecule has 2 N–H and O–H groups in total. The minimum Gasteiger partial charge on any atom is -0.406 e. The Morgan fingerprint density at radius 2 is 1.94 bits per heavy atom. The molecule has 0 saturated heterocycles. The van der Waals surface area contributed by atoms with Crippen LogP contribution in [0.2, 0.25) is 0 Å². The van der Waals surface area contributed by atoms with Crippen LogP contribution in [0.15, 0.2) is 4.42 Å². The van der Waals surface area contributed by atoms with E-state index in [4.69, 9.17) is 4.42 Å². The van der Waals surface area contributed by atoms with Gasteiger partial charge in [0, 0.05) is 6.04 Å². The lowest BCUT2D eigenvalue weighted by Gasteiger charge is -2.11. The van der Waals surface area contributed by atoms with Gasteiger partial charge in [-0.25, -0.2) is 0 Å². The monoisotopic (exact) mass is 254 g/mol. The number of hydrogen-bond acceptors (Lipinski definition) is 5. The van der Waals surface area contributed by atoms with Crippen LogP contribution in [0.5, 0.6) is 0 Å². The van der Waals surface area contributed by atoms with E-state index in [1.807, 2.05) is 6.92 Å². The van der Waals surface area contributed by atoms with Crippen LogP contribution in [-0.2, 0) is 0 Å². The van der Waals surface area contributed by atoms with E-state index in [1.165, 1.54) is 19.3 Å². The van der Waals surface area contributed by atoms with Gasteiger partial charge in [0.1, 0.15) is 0 Å². The molecule has 2 atom stereocenters. The predicted molar refractivity (Wildman–Crippen MR) is 73.6 cm³/mol. The van der Waals surface area contributed by atoms with Gasteiger partial charge in [0.25, 0.3) is 0 Å². The van der Waals surface area contributed by atoms with Crippen molar-refractivity contribution in [1.82, 2.24) is 15.5 Å². The van der Waals surface area contributed by atoms with E-state index in [-0.39, 0.29) is 6.04 Å². The first-order valence-corrected chi connectivity index (χ1v) is 7.00. The van der Waals surface area contributed by atoms with Crippen molar-refractivity contribution in [2.24, 2.45) is 0 Å². The highest BCUT2D eigenvalue weighted by atomic mass is 16.4. The first-order chi connectivity index (χ1) is 8.67. The summed E-state index contributed by atoms with van der Waals surface area (Å²) in [5, 5.41) is 14.6. The smallest absolute Gasteiger partial charge is 0.315 e. The summed E-state index contributed by atoms with van der Waals surface area (Å²) >= 11 is 0. The van der Waals surface area contributed by atoms with Crippen LogP contribution >= 0.6 is 0 Å². The van der Waals surface area contributed by atoms with Crippen LogP contribution in [0.3, 0.4) is 0 Å². The maximum Gasteiger partial charge on any atom is 0.315 e. The fraction of sp³-hybridized carbons (Fsp3) is 0.846. The molecule has 0 saturated carbocycles. The van der Waals surface area contributed by atoms with Gasteiger partial charge in [-0.1, -0.05) is 38.2 Å². The molecular weight excluding hydrogens is 228 g/mol. The van der Waals surface area contributed by atoms with Crippen LogP contribution in [0.4, 0.5) is 6.01 Å². The highest BCUT2D eigenvalue weighted by molar-refractivity contribution is 5.19. The Bertz CT molecular complexity index is 327. The molecule has 1 aromatic heterocycles. The number of aromatic nitrogens is 2. The molecule has 5 heteroatoms. The fourth-order valence-corrected chi connectivity index (χ4v) is 1.84. The first-order valence-electron chi connectivity index (χ1n) is 7.00. The predicted octanol–water partition coefficient (Wildman–Crippen LogP) is 3.12. The summed E-state index contributed by atoms with van der Waals surface area (Å²) in [5.41, 5.74) is 0. The van der Waals surface area contributed by atoms with Crippen molar-refractivity contribution in [3.8, 4) is 0 Å². The SMILES string of the molecule is CCCCCC(C)Nc1nnc(C(C)NCC)o1. The van der Waals surface area contributed by atoms with Crippen molar-refractivity contribution in [2.45, 2.75) is 65.5 Å². The second-order valence-electron chi connectivity index (χ2n) is 4.77. The number of hydrogen-bond donors (Lipinski definition) is 2. The molecule has 18 heavy (non-hydrogen) atoms. The van der Waals surface area contributed by atoms with E-state index in [0.717, 1.165) is 13.0 Å². The summed E-state index contributed by atoms with van der Waals surface area (Å²) in [6, 6.07) is 1.01. The van der Waals surface area contributed by atoms with E-state index in [2.05, 4.69) is 41.6 Å². The van der Waals surface area contributed by atoms with Gasteiger partial charge in [0.05, 0.1) is 6.04 Å². The standard InChI is InChI=1S/C13H26N4O/c1-5-7-8-9-10(3)15-13-17-16-12(18-13)11(4)14-6-2/h10-11,14H,5-9H2,1-4H3,(H,15,17). The molecule has 2 unspecified atom stereocenters. The molecule has 0 aromatic carbocycles. The van der Waals surface area contributed by atoms with Crippen LogP contribution in [0.25, 0.3) is 0 Å². The quantitative estimate of drug-likeness (QED) is 0.663. The fourth-order valence-electron chi connectivity index (χ4n) is 1.84. The highest BCUT2D eigenvalue weighted by Gasteiger charge is 2.13. The Balaban J connectivity index is 2.38. The van der Waals surface area contributed by atoms with Crippen molar-refractivity contribution >= 4 is 6.01 Å². The lowest BCUT2D eigenvalue weighted by molar-refractivity contribution is 0.425. The van der Waals surface area contributed by atoms with Gasteiger partial charge in [-0.15, -0.1) is 5.10 Å². The molecule has 0 radical (unpaired) electrons. The summed E-state index contributed by atoms with van der Waals surface area (Å²) in [4.78, 5) is 0. The van der Waals surface area contributed by atoms with Crippen molar-refractivity contribution in [1.29, 1.82) is 0 Å². The summed E-state index contributed by atoms with van der Waals surface area (Å²) < 4.78 is 5.58. The Morgan fingerprint density at radius 1 is 1.17 bits per heavy atom. The van der Waals surface area contributed by atoms with Crippen molar-refractivity contribution in [3.05, 3.63) is 5.89 Å². The molecule has 104 valence electrons. The summed E-state index contributed by atoms with van der Waals surface area (Å²) in [6.45, 7) is 9.32. The van der Waals surface area contributed by atoms with E-state index >= 15 is 0 Å². The number of unbranched alkanes of at least 4 members (excludes halogenated alkanes) is 2. The Kier molecular flexibility index (Phi) is 6.72. The lowest BCUT2D eigenvalue weighted by atomic mass is 10.1. The van der Waals surface area contributed by atoms with Gasteiger partial charge in [-0.2, -0.15) is 0 Å². The Hall–Kier alpha value is -1.10. The molecule has 0 aliphatic carbocycles. The topological polar surface area (TPSA) is 63.0 Å². The summed E-state index contributed by atoms with van der Waals surface area (Å²) in [7, 11) is 0. The molecule has 0 amide bonds. The average molecular weight is 254 g/mol. The van der Waals surface area contributed by atoms with E-state index in [9.17, 15) is 0 Å². The first kappa shape index (κ1) is 15.0. The second-order valence-corrected chi connectivity index (χ2v) is 4.77. The van der Waals surface area contributed by atoms with Crippen molar-refractivity contribution in [2.75, 3.05) is 11.9 Å². The third kappa shape index (κ3) is 5.04. The van der Waals surface area contributed by atoms with Crippen LogP contribution in [0.1, 0.15) is 65.3 Å². The third-order valence-electron chi connectivity index (χ3n) is 2.93. The molecule has 0 fully saturated rings. The summed E-state index contributed by atoms with van der Waals surface area (Å²) in [5.74, 6) is 0.639. The number of rotatable bonds is 9. The Labute approximate surface area is 110 Å². The van der Waals surface area contributed by atoms with Gasteiger partial charge in [0.2, 0.25) is 5.89 Å². The molecule has 1 rings (SSSR count). The van der Waals surface area contributed by atoms with Crippen molar-refractivity contribution < 1.29 is 4.42 Å². The minimum absolute atomic E-state index is 0.105. The van der Waals surface area contributed by atoms with Gasteiger partial charge >= 0.3 is 6.01 Å². The Morgan fingerprint density at radius 3 is 2.61 bits per heavy atom. The number of anilines is 1. The van der Waals surface area contributed by atoms with Crippen LogP contribution < -0.4 is 10.6 Å². The molecule has 5 nitrogen and oxygen atoms in total. The van der Waals surface area contributed by atoms with Gasteiger partial charge in [-0.05, 0) is 26.8 Å². The average Bonchev–Trinajstić information content (AvgIpc) is 2.78. The largest absolute Gasteiger partial charge is 0.406 e. The maximum atomic E-state index is 5.58. The molecule has 1 aromatic rings. The number of nitrogens with zero attached hydrogens (tertiary/aromatic N) is 2. The lowest BCUT2D eigenvalue weighted by Crippen LogP contribution is -2.18. The molecule has 0 aliphatic rings. The normalized spacial score (nSPS) is 14.4. The zero-order valence-corrected chi connectivity index (χ0v) is 12.0. The minimum atomic E-state index is 0.105. The van der Waals surface area contributed by atoms with Gasteiger partial charge < -0.3 is 15.1 Å². The van der Waals surface area contributed by atoms with E-state index in [0.29, 0.717) is 17.9 Å². The van der Waals surface area contributed by atoms with Crippen LogP contribution in [0, 0.1) is 0 Å². The van der Waals surface area contributed by atoms with E-state index < -0.39 is 0 Å². The highest BCUT2D eigenvalue weighted by Crippen LogP contribution is 2.15. The molecule has 0 bridgehead atoms. The van der Waals surface area contributed by atoms with Crippen LogP contribution in [-0.4, -0.2) is 22.8 Å².